The van der Waals surface area contributed by atoms with E-state index in [0.717, 1.165) is 19.3 Å². The van der Waals surface area contributed by atoms with Crippen LogP contribution in [-0.4, -0.2) is 20.9 Å². The minimum Gasteiger partial charge on any atom is -0.398 e. The number of carbonyl (C=O) groups is 1. The highest BCUT2D eigenvalue weighted by Crippen LogP contribution is 2.19. The van der Waals surface area contributed by atoms with Crippen LogP contribution >= 0.6 is 0 Å². The van der Waals surface area contributed by atoms with Crippen LogP contribution in [-0.2, 0) is 10.0 Å². The van der Waals surface area contributed by atoms with E-state index in [9.17, 15) is 13.2 Å². The summed E-state index contributed by atoms with van der Waals surface area (Å²) in [5.74, 6) is -0.0362. The van der Waals surface area contributed by atoms with Gasteiger partial charge in [-0.25, -0.2) is 13.1 Å². The number of nitrogens with one attached hydrogen (secondary N) is 1. The molecule has 5 N–H and O–H groups in total. The summed E-state index contributed by atoms with van der Waals surface area (Å²) in [5, 5.41) is 0. The molecule has 1 aromatic rings. The van der Waals surface area contributed by atoms with E-state index in [0.29, 0.717) is 12.5 Å². The summed E-state index contributed by atoms with van der Waals surface area (Å²) in [6.07, 6.45) is 2.81. The molecule has 1 aromatic carbocycles. The minimum absolute atomic E-state index is 0.0148. The number of hydrogen-bond donors (Lipinski definition) is 3. The molecule has 0 aliphatic carbocycles. The van der Waals surface area contributed by atoms with Crippen molar-refractivity contribution in [2.75, 3.05) is 12.3 Å². The number of benzene rings is 1. The van der Waals surface area contributed by atoms with Gasteiger partial charge in [0.05, 0.1) is 5.69 Å². The molecule has 118 valence electrons. The normalized spacial score (nSPS) is 11.8. The highest BCUT2D eigenvalue weighted by molar-refractivity contribution is 7.89. The van der Waals surface area contributed by atoms with Crippen molar-refractivity contribution < 1.29 is 13.2 Å². The molecule has 0 aromatic heterocycles. The first-order chi connectivity index (χ1) is 9.74. The Bertz CT molecular complexity index is 597. The number of amides is 1. The molecule has 0 saturated carbocycles. The van der Waals surface area contributed by atoms with E-state index < -0.39 is 15.9 Å². The Morgan fingerprint density at radius 3 is 2.48 bits per heavy atom. The van der Waals surface area contributed by atoms with Crippen molar-refractivity contribution in [3.05, 3.63) is 23.8 Å². The summed E-state index contributed by atoms with van der Waals surface area (Å²) in [6.45, 7) is 4.63. The molecule has 1 rings (SSSR count). The maximum absolute atomic E-state index is 12.1. The zero-order valence-electron chi connectivity index (χ0n) is 12.4. The van der Waals surface area contributed by atoms with Gasteiger partial charge in [0, 0.05) is 12.1 Å². The van der Waals surface area contributed by atoms with Crippen molar-refractivity contribution in [2.45, 2.75) is 38.0 Å². The van der Waals surface area contributed by atoms with Crippen molar-refractivity contribution >= 4 is 21.6 Å². The monoisotopic (exact) mass is 313 g/mol. The first-order valence-corrected chi connectivity index (χ1v) is 8.41. The predicted molar refractivity (Wildman–Crippen MR) is 83.2 cm³/mol. The van der Waals surface area contributed by atoms with E-state index in [2.05, 4.69) is 18.6 Å². The number of nitrogen functional groups attached to an aromatic ring is 1. The largest absolute Gasteiger partial charge is 0.398 e. The topological polar surface area (TPSA) is 115 Å². The lowest BCUT2D eigenvalue weighted by molar-refractivity contribution is 0.1000. The molecule has 0 unspecified atom stereocenters. The van der Waals surface area contributed by atoms with Crippen LogP contribution in [0.5, 0.6) is 0 Å². The average Bonchev–Trinajstić information content (AvgIpc) is 2.37. The van der Waals surface area contributed by atoms with E-state index in [1.165, 1.54) is 18.2 Å². The molecule has 7 heteroatoms. The van der Waals surface area contributed by atoms with Gasteiger partial charge in [-0.2, -0.15) is 0 Å². The average molecular weight is 313 g/mol. The zero-order valence-corrected chi connectivity index (χ0v) is 13.2. The van der Waals surface area contributed by atoms with Crippen molar-refractivity contribution in [3.63, 3.8) is 0 Å². The third-order valence-electron chi connectivity index (χ3n) is 3.08. The fraction of sp³-hybridized carbons (Fsp3) is 0.500. The summed E-state index contributed by atoms with van der Waals surface area (Å²) in [4.78, 5) is 11.0. The summed E-state index contributed by atoms with van der Waals surface area (Å²) in [6, 6.07) is 3.92. The van der Waals surface area contributed by atoms with Gasteiger partial charge in [-0.3, -0.25) is 4.79 Å². The standard InChI is InChI=1S/C14H23N3O3S/c1-10(2)5-3-4-8-17-21(19,20)13-7-6-11(14(16)18)9-12(13)15/h6-7,9-10,17H,3-5,8,15H2,1-2H3,(H2,16,18). The second-order valence-corrected chi connectivity index (χ2v) is 7.14. The van der Waals surface area contributed by atoms with Gasteiger partial charge in [0.2, 0.25) is 15.9 Å². The van der Waals surface area contributed by atoms with Crippen molar-refractivity contribution in [3.8, 4) is 0 Å². The molecule has 1 amide bonds. The second-order valence-electron chi connectivity index (χ2n) is 5.40. The summed E-state index contributed by atoms with van der Waals surface area (Å²) in [7, 11) is -3.66. The lowest BCUT2D eigenvalue weighted by Crippen LogP contribution is -2.26. The molecule has 0 heterocycles. The zero-order chi connectivity index (χ0) is 16.0. The van der Waals surface area contributed by atoms with Crippen molar-refractivity contribution in [1.29, 1.82) is 0 Å². The van der Waals surface area contributed by atoms with Gasteiger partial charge >= 0.3 is 0 Å². The Morgan fingerprint density at radius 1 is 1.29 bits per heavy atom. The predicted octanol–water partition coefficient (Wildman–Crippen LogP) is 1.47. The van der Waals surface area contributed by atoms with E-state index in [1.807, 2.05) is 0 Å². The molecule has 21 heavy (non-hydrogen) atoms. The lowest BCUT2D eigenvalue weighted by atomic mass is 10.1. The first kappa shape index (κ1) is 17.5. The number of rotatable bonds is 8. The number of unbranched alkanes of at least 4 members (excludes halogenated alkanes) is 1. The highest BCUT2D eigenvalue weighted by Gasteiger charge is 2.17. The molecule has 0 atom stereocenters. The summed E-state index contributed by atoms with van der Waals surface area (Å²) in [5.41, 5.74) is 11.0. The number of sulfonamides is 1. The Morgan fingerprint density at radius 2 is 1.95 bits per heavy atom. The second kappa shape index (κ2) is 7.42. The lowest BCUT2D eigenvalue weighted by Gasteiger charge is -2.10. The first-order valence-electron chi connectivity index (χ1n) is 6.93. The van der Waals surface area contributed by atoms with Crippen molar-refractivity contribution in [1.82, 2.24) is 4.72 Å². The molecule has 0 aliphatic rings. The van der Waals surface area contributed by atoms with Crippen LogP contribution in [0.1, 0.15) is 43.5 Å². The number of carbonyl (C=O) groups excluding carboxylic acids is 1. The van der Waals surface area contributed by atoms with Gasteiger partial charge in [0.1, 0.15) is 4.90 Å². The summed E-state index contributed by atoms with van der Waals surface area (Å²) >= 11 is 0. The van der Waals surface area contributed by atoms with Gasteiger partial charge < -0.3 is 11.5 Å². The minimum atomic E-state index is -3.66. The van der Waals surface area contributed by atoms with E-state index in [-0.39, 0.29) is 16.1 Å². The molecular weight excluding hydrogens is 290 g/mol. The van der Waals surface area contributed by atoms with Gasteiger partial charge in [-0.1, -0.05) is 26.7 Å². The van der Waals surface area contributed by atoms with Gasteiger partial charge in [0.25, 0.3) is 0 Å². The van der Waals surface area contributed by atoms with Gasteiger partial charge in [-0.15, -0.1) is 0 Å². The van der Waals surface area contributed by atoms with Crippen LogP contribution in [0.25, 0.3) is 0 Å². The Labute approximate surface area is 126 Å². The number of nitrogens with two attached hydrogens (primary N) is 2. The molecular formula is C14H23N3O3S. The Kier molecular flexibility index (Phi) is 6.17. The molecule has 0 spiro atoms. The molecule has 6 nitrogen and oxygen atoms in total. The number of primary amides is 1. The molecule has 0 aliphatic heterocycles. The smallest absolute Gasteiger partial charge is 0.248 e. The van der Waals surface area contributed by atoms with E-state index in [4.69, 9.17) is 11.5 Å². The van der Waals surface area contributed by atoms with E-state index in [1.54, 1.807) is 0 Å². The van der Waals surface area contributed by atoms with Crippen molar-refractivity contribution in [2.24, 2.45) is 11.7 Å². The van der Waals surface area contributed by atoms with Crippen LogP contribution < -0.4 is 16.2 Å². The molecule has 0 radical (unpaired) electrons. The van der Waals surface area contributed by atoms with Crippen LogP contribution in [0.2, 0.25) is 0 Å². The maximum Gasteiger partial charge on any atom is 0.248 e. The van der Waals surface area contributed by atoms with Crippen LogP contribution in [0.3, 0.4) is 0 Å². The quantitative estimate of drug-likeness (QED) is 0.498. The maximum atomic E-state index is 12.1. The number of hydrogen-bond acceptors (Lipinski definition) is 4. The third kappa shape index (κ3) is 5.35. The van der Waals surface area contributed by atoms with Gasteiger partial charge in [-0.05, 0) is 30.5 Å². The fourth-order valence-electron chi connectivity index (χ4n) is 1.91. The summed E-state index contributed by atoms with van der Waals surface area (Å²) < 4.78 is 26.8. The Hall–Kier alpha value is -1.60. The Balaban J connectivity index is 2.68. The van der Waals surface area contributed by atoms with Crippen LogP contribution in [0.4, 0.5) is 5.69 Å². The van der Waals surface area contributed by atoms with E-state index >= 15 is 0 Å². The highest BCUT2D eigenvalue weighted by atomic mass is 32.2. The fourth-order valence-corrected chi connectivity index (χ4v) is 3.09. The molecule has 0 bridgehead atoms. The SMILES string of the molecule is CC(C)CCCCNS(=O)(=O)c1ccc(C(N)=O)cc1N. The van der Waals surface area contributed by atoms with Crippen LogP contribution in [0.15, 0.2) is 23.1 Å². The van der Waals surface area contributed by atoms with Gasteiger partial charge in [0.15, 0.2) is 0 Å². The molecule has 0 saturated heterocycles. The third-order valence-corrected chi connectivity index (χ3v) is 4.62. The molecule has 0 fully saturated rings. The van der Waals surface area contributed by atoms with Crippen LogP contribution in [0, 0.1) is 5.92 Å². The number of anilines is 1.